The molecular weight excluding hydrogens is 757 g/mol. The van der Waals surface area contributed by atoms with Crippen molar-refractivity contribution in [3.05, 3.63) is 41.5 Å². The summed E-state index contributed by atoms with van der Waals surface area (Å²) in [4.78, 5) is 19.4. The maximum Gasteiger partial charge on any atom is 0.319 e. The Bertz CT molecular complexity index is 2240. The quantitative estimate of drug-likeness (QED) is 0.0830. The molecule has 0 unspecified atom stereocenters. The fourth-order valence-corrected chi connectivity index (χ4v) is 15.9. The van der Waals surface area contributed by atoms with Crippen LogP contribution in [-0.2, 0) is 9.47 Å². The van der Waals surface area contributed by atoms with Crippen LogP contribution in [0.4, 0.5) is 14.6 Å². The smallest absolute Gasteiger partial charge is 0.319 e. The van der Waals surface area contributed by atoms with Gasteiger partial charge in [0.15, 0.2) is 12.6 Å². The minimum atomic E-state index is -2.29. The van der Waals surface area contributed by atoms with Crippen LogP contribution in [-0.4, -0.2) is 99.5 Å². The number of anilines is 1. The van der Waals surface area contributed by atoms with E-state index in [0.717, 1.165) is 58.2 Å². The minimum Gasteiger partial charge on any atom is -0.475 e. The predicted molar refractivity (Wildman–Crippen MR) is 226 cm³/mol. The Kier molecular flexibility index (Phi) is 11.3. The van der Waals surface area contributed by atoms with Crippen LogP contribution in [0.1, 0.15) is 85.6 Å². The molecule has 0 amide bonds. The largest absolute Gasteiger partial charge is 0.475 e. The first-order valence-electron chi connectivity index (χ1n) is 21.0. The fraction of sp³-hybridized carbons (Fsp3) is 0.578. The average molecular weight is 814 g/mol. The second-order valence-corrected chi connectivity index (χ2v) is 23.2. The summed E-state index contributed by atoms with van der Waals surface area (Å²) in [6, 6.07) is 6.72. The van der Waals surface area contributed by atoms with E-state index in [1.165, 1.54) is 13.2 Å². The summed E-state index contributed by atoms with van der Waals surface area (Å²) in [6.45, 7) is 16.6. The lowest BCUT2D eigenvalue weighted by atomic mass is 9.94. The number of aromatic nitrogens is 3. The van der Waals surface area contributed by atoms with Gasteiger partial charge in [-0.05, 0) is 85.3 Å². The first-order chi connectivity index (χ1) is 27.9. The van der Waals surface area contributed by atoms with Gasteiger partial charge in [-0.1, -0.05) is 53.5 Å². The third-order valence-electron chi connectivity index (χ3n) is 13.5. The Balaban J connectivity index is 1.34. The van der Waals surface area contributed by atoms with E-state index in [4.69, 9.17) is 38.6 Å². The van der Waals surface area contributed by atoms with Crippen molar-refractivity contribution in [1.82, 2.24) is 19.9 Å². The van der Waals surface area contributed by atoms with Crippen LogP contribution in [0.5, 0.6) is 17.6 Å². The number of rotatable bonds is 11. The second kappa shape index (κ2) is 16.2. The summed E-state index contributed by atoms with van der Waals surface area (Å²) in [5, 5.41) is 1.48. The molecule has 2 aromatic heterocycles. The molecule has 4 aliphatic heterocycles. The lowest BCUT2D eigenvalue weighted by molar-refractivity contribution is 0.0512. The number of hydrogen-bond donors (Lipinski definition) is 0. The second-order valence-electron chi connectivity index (χ2n) is 17.6. The summed E-state index contributed by atoms with van der Waals surface area (Å²) in [5.74, 6) is 3.40. The van der Waals surface area contributed by atoms with Crippen molar-refractivity contribution in [2.75, 3.05) is 58.8 Å². The number of ether oxygens (including phenoxy) is 5. The van der Waals surface area contributed by atoms with E-state index in [9.17, 15) is 0 Å². The molecule has 8 rings (SSSR count). The van der Waals surface area contributed by atoms with Crippen LogP contribution in [0.3, 0.4) is 0 Å². The third-order valence-corrected chi connectivity index (χ3v) is 19.8. The molecular formula is C45H57F2N5O5Si. The third kappa shape index (κ3) is 6.97. The summed E-state index contributed by atoms with van der Waals surface area (Å²) >= 11 is 0. The van der Waals surface area contributed by atoms with Crippen LogP contribution in [0.25, 0.3) is 32.9 Å². The first-order valence-corrected chi connectivity index (χ1v) is 23.3. The van der Waals surface area contributed by atoms with Crippen LogP contribution in [0.15, 0.2) is 24.3 Å². The summed E-state index contributed by atoms with van der Waals surface area (Å²) in [5.41, 5.74) is 5.02. The number of hydrogen-bond acceptors (Lipinski definition) is 10. The monoisotopic (exact) mass is 813 g/mol. The van der Waals surface area contributed by atoms with Gasteiger partial charge >= 0.3 is 6.01 Å². The Morgan fingerprint density at radius 3 is 2.48 bits per heavy atom. The first kappa shape index (κ1) is 40.7. The van der Waals surface area contributed by atoms with Crippen molar-refractivity contribution >= 4 is 35.6 Å². The lowest BCUT2D eigenvalue weighted by Gasteiger charge is -2.38. The minimum absolute atomic E-state index is 0.0245. The van der Waals surface area contributed by atoms with Gasteiger partial charge in [-0.2, -0.15) is 9.97 Å². The molecule has 58 heavy (non-hydrogen) atoms. The molecule has 310 valence electrons. The van der Waals surface area contributed by atoms with E-state index in [1.54, 1.807) is 25.3 Å². The van der Waals surface area contributed by atoms with Gasteiger partial charge in [-0.15, -0.1) is 5.54 Å². The van der Waals surface area contributed by atoms with E-state index in [0.29, 0.717) is 63.1 Å². The number of benzene rings is 2. The lowest BCUT2D eigenvalue weighted by Crippen LogP contribution is -2.44. The molecule has 0 aliphatic carbocycles. The van der Waals surface area contributed by atoms with E-state index >= 15 is 8.78 Å². The van der Waals surface area contributed by atoms with Gasteiger partial charge in [0.1, 0.15) is 55.3 Å². The zero-order chi connectivity index (χ0) is 40.9. The van der Waals surface area contributed by atoms with Gasteiger partial charge in [-0.3, -0.25) is 4.90 Å². The maximum absolute atomic E-state index is 17.8. The van der Waals surface area contributed by atoms with Gasteiger partial charge in [-0.25, -0.2) is 13.8 Å². The van der Waals surface area contributed by atoms with Gasteiger partial charge in [0.2, 0.25) is 5.88 Å². The number of pyridine rings is 1. The Labute approximate surface area is 342 Å². The molecule has 2 aromatic carbocycles. The van der Waals surface area contributed by atoms with E-state index in [1.807, 2.05) is 0 Å². The van der Waals surface area contributed by atoms with Crippen molar-refractivity contribution in [1.29, 1.82) is 0 Å². The molecule has 0 spiro atoms. The number of fused-ring (bicyclic) bond motifs is 4. The number of piperidine rings is 1. The number of nitrogens with zero attached hydrogens (tertiary/aromatic N) is 5. The van der Waals surface area contributed by atoms with Crippen molar-refractivity contribution in [2.24, 2.45) is 0 Å². The number of methoxy groups -OCH3 is 2. The SMILES string of the molecule is COCOc1cc(-c2nc3c4c(nc(OC[C@@]56CCCN5C[C@H](OC)C6)nc4c2F)N2CCCC[C@H]2CO3)c2c(C#C[Si](C(C)C)(C(C)C)C(C)C)c(F)ccc2c1. The van der Waals surface area contributed by atoms with Crippen molar-refractivity contribution in [3.8, 4) is 40.4 Å². The fourth-order valence-electron chi connectivity index (χ4n) is 10.6. The summed E-state index contributed by atoms with van der Waals surface area (Å²) < 4.78 is 64.2. The van der Waals surface area contributed by atoms with Crippen LogP contribution in [0.2, 0.25) is 16.6 Å². The zero-order valence-corrected chi connectivity index (χ0v) is 36.2. The van der Waals surface area contributed by atoms with Crippen LogP contribution in [0, 0.1) is 23.1 Å². The molecule has 3 saturated heterocycles. The van der Waals surface area contributed by atoms with Crippen molar-refractivity contribution in [2.45, 2.75) is 114 Å². The Morgan fingerprint density at radius 2 is 1.74 bits per heavy atom. The van der Waals surface area contributed by atoms with Gasteiger partial charge in [0, 0.05) is 38.3 Å². The highest BCUT2D eigenvalue weighted by atomic mass is 28.3. The molecule has 4 aromatic rings. The van der Waals surface area contributed by atoms with Gasteiger partial charge in [0.25, 0.3) is 0 Å². The summed E-state index contributed by atoms with van der Waals surface area (Å²) in [6.07, 6.45) is 5.96. The van der Waals surface area contributed by atoms with Crippen LogP contribution < -0.4 is 19.1 Å². The Hall–Kier alpha value is -4.09. The molecule has 4 aliphatic rings. The average Bonchev–Trinajstić information content (AvgIpc) is 3.71. The van der Waals surface area contributed by atoms with Crippen molar-refractivity contribution < 1.29 is 32.5 Å². The molecule has 0 bridgehead atoms. The molecule has 0 saturated carbocycles. The van der Waals surface area contributed by atoms with Crippen LogP contribution >= 0.6 is 0 Å². The molecule has 3 fully saturated rings. The maximum atomic E-state index is 17.8. The highest BCUT2D eigenvalue weighted by Gasteiger charge is 2.49. The molecule has 0 N–H and O–H groups in total. The normalized spacial score (nSPS) is 22.0. The predicted octanol–water partition coefficient (Wildman–Crippen LogP) is 9.06. The number of halogens is 2. The molecule has 0 radical (unpaired) electrons. The van der Waals surface area contributed by atoms with Gasteiger partial charge in [0.05, 0.1) is 23.2 Å². The Morgan fingerprint density at radius 1 is 0.948 bits per heavy atom. The van der Waals surface area contributed by atoms with Gasteiger partial charge < -0.3 is 28.6 Å². The highest BCUT2D eigenvalue weighted by molar-refractivity contribution is 6.90. The van der Waals surface area contributed by atoms with E-state index in [2.05, 4.69) is 62.8 Å². The molecule has 6 heterocycles. The topological polar surface area (TPSA) is 91.3 Å². The zero-order valence-electron chi connectivity index (χ0n) is 35.2. The molecule has 13 heteroatoms. The highest BCUT2D eigenvalue weighted by Crippen LogP contribution is 2.46. The van der Waals surface area contributed by atoms with E-state index < -0.39 is 19.7 Å². The molecule has 10 nitrogen and oxygen atoms in total. The summed E-state index contributed by atoms with van der Waals surface area (Å²) in [7, 11) is 1.00. The van der Waals surface area contributed by atoms with E-state index in [-0.39, 0.29) is 53.1 Å². The van der Waals surface area contributed by atoms with Crippen molar-refractivity contribution in [3.63, 3.8) is 0 Å². The standard InChI is InChI=1S/C45H57F2N5O5Si/c1-27(2)58(28(3)4,29(5)6)19-15-34-36(46)14-13-30-20-32(57-26-53-7)21-35(37(30)34)40-39(47)41-38-42(52-18-10-9-12-31(52)24-55-43(38)48-40)50-44(49-41)56-25-45-16-11-17-51(45)23-33(22-45)54-8/h13-14,20-21,27-29,31,33H,9-12,16-18,22-26H2,1-8H3/t31-,33+,45-/m0/s1. The molecule has 3 atom stereocenters.